The molecule has 2 aromatic carbocycles. The van der Waals surface area contributed by atoms with Gasteiger partial charge in [0.25, 0.3) is 11.7 Å². The first-order chi connectivity index (χ1) is 12.0. The Kier molecular flexibility index (Phi) is 4.54. The van der Waals surface area contributed by atoms with E-state index in [-0.39, 0.29) is 21.8 Å². The van der Waals surface area contributed by atoms with Crippen molar-refractivity contribution < 1.29 is 19.1 Å². The molecule has 0 unspecified atom stereocenters. The number of aromatic amines is 1. The highest BCUT2D eigenvalue weighted by Gasteiger charge is 2.21. The molecule has 1 aromatic heterocycles. The molecule has 25 heavy (non-hydrogen) atoms. The Balaban J connectivity index is 1.87. The first-order valence-electron chi connectivity index (χ1n) is 7.31. The monoisotopic (exact) mass is 356 g/mol. The number of ketones is 1. The van der Waals surface area contributed by atoms with Gasteiger partial charge in [-0.15, -0.1) is 0 Å². The van der Waals surface area contributed by atoms with E-state index in [4.69, 9.17) is 11.6 Å². The fourth-order valence-electron chi connectivity index (χ4n) is 2.43. The molecule has 0 bridgehead atoms. The average molecular weight is 357 g/mol. The number of Topliss-reactive ketones (excluding diaryl/α,β-unsaturated/α-hetero) is 1. The third kappa shape index (κ3) is 3.25. The van der Waals surface area contributed by atoms with Crippen molar-refractivity contribution in [1.29, 1.82) is 0 Å². The summed E-state index contributed by atoms with van der Waals surface area (Å²) in [5.74, 6) is -2.14. The molecular weight excluding hydrogens is 344 g/mol. The zero-order valence-corrected chi connectivity index (χ0v) is 13.9. The number of para-hydroxylation sites is 1. The van der Waals surface area contributed by atoms with Crippen LogP contribution >= 0.6 is 11.6 Å². The summed E-state index contributed by atoms with van der Waals surface area (Å²) in [6, 6.07) is 11.4. The Morgan fingerprint density at radius 3 is 2.64 bits per heavy atom. The number of carbonyl (C=O) groups excluding carboxylic acids is 3. The highest BCUT2D eigenvalue weighted by atomic mass is 35.5. The molecule has 7 heteroatoms. The third-order valence-electron chi connectivity index (χ3n) is 3.68. The quantitative estimate of drug-likeness (QED) is 0.426. The van der Waals surface area contributed by atoms with Gasteiger partial charge in [-0.25, -0.2) is 4.79 Å². The summed E-state index contributed by atoms with van der Waals surface area (Å²) in [7, 11) is 1.25. The predicted molar refractivity (Wildman–Crippen MR) is 94.1 cm³/mol. The van der Waals surface area contributed by atoms with Crippen LogP contribution in [0, 0.1) is 0 Å². The molecule has 0 aliphatic carbocycles. The number of rotatable bonds is 4. The van der Waals surface area contributed by atoms with Gasteiger partial charge in [0.05, 0.1) is 28.9 Å². The van der Waals surface area contributed by atoms with Gasteiger partial charge in [0, 0.05) is 17.1 Å². The third-order valence-corrected chi connectivity index (χ3v) is 4.01. The lowest BCUT2D eigenvalue weighted by atomic mass is 10.1. The molecule has 0 aliphatic heterocycles. The lowest BCUT2D eigenvalue weighted by Crippen LogP contribution is -2.23. The molecule has 126 valence electrons. The highest BCUT2D eigenvalue weighted by molar-refractivity contribution is 6.49. The zero-order chi connectivity index (χ0) is 18.0. The van der Waals surface area contributed by atoms with Crippen LogP contribution < -0.4 is 5.32 Å². The van der Waals surface area contributed by atoms with Gasteiger partial charge in [0.2, 0.25) is 0 Å². The molecule has 3 rings (SSSR count). The molecule has 0 radical (unpaired) electrons. The Labute approximate surface area is 147 Å². The van der Waals surface area contributed by atoms with Crippen LogP contribution in [0.25, 0.3) is 10.9 Å². The number of hydrogen-bond donors (Lipinski definition) is 2. The lowest BCUT2D eigenvalue weighted by molar-refractivity contribution is -0.112. The fraction of sp³-hybridized carbons (Fsp3) is 0.0556. The van der Waals surface area contributed by atoms with Crippen LogP contribution in [0.1, 0.15) is 20.7 Å². The molecule has 6 nitrogen and oxygen atoms in total. The Hall–Kier alpha value is -3.12. The van der Waals surface area contributed by atoms with Crippen LogP contribution in [0.5, 0.6) is 0 Å². The largest absolute Gasteiger partial charge is 0.465 e. The minimum absolute atomic E-state index is 0.155. The molecule has 0 fully saturated rings. The standard InChI is InChI=1S/C18H13ClN2O4/c1-25-18(24)10-6-7-13(19)15(8-10)21-17(23)16(22)12-9-20-14-5-3-2-4-11(12)14/h2-9,20H,1H3,(H,21,23). The number of benzene rings is 2. The van der Waals surface area contributed by atoms with E-state index in [2.05, 4.69) is 15.0 Å². The van der Waals surface area contributed by atoms with Gasteiger partial charge < -0.3 is 15.0 Å². The summed E-state index contributed by atoms with van der Waals surface area (Å²) < 4.78 is 4.62. The number of hydrogen-bond acceptors (Lipinski definition) is 4. The topological polar surface area (TPSA) is 88.3 Å². The second kappa shape index (κ2) is 6.78. The van der Waals surface area contributed by atoms with E-state index in [1.54, 1.807) is 18.2 Å². The van der Waals surface area contributed by atoms with Gasteiger partial charge in [-0.05, 0) is 24.3 Å². The maximum atomic E-state index is 12.4. The Morgan fingerprint density at radius 2 is 1.88 bits per heavy atom. The summed E-state index contributed by atoms with van der Waals surface area (Å²) in [5.41, 5.74) is 1.38. The Bertz CT molecular complexity index is 994. The predicted octanol–water partition coefficient (Wildman–Crippen LogP) is 3.43. The summed E-state index contributed by atoms with van der Waals surface area (Å²) in [6.07, 6.45) is 1.49. The number of aromatic nitrogens is 1. The number of amides is 1. The Morgan fingerprint density at radius 1 is 1.12 bits per heavy atom. The molecular formula is C18H13ClN2O4. The first-order valence-corrected chi connectivity index (χ1v) is 7.68. The highest BCUT2D eigenvalue weighted by Crippen LogP contribution is 2.24. The lowest BCUT2D eigenvalue weighted by Gasteiger charge is -2.08. The van der Waals surface area contributed by atoms with Crippen LogP contribution in [0.4, 0.5) is 5.69 Å². The van der Waals surface area contributed by atoms with Crippen molar-refractivity contribution in [3.63, 3.8) is 0 Å². The van der Waals surface area contributed by atoms with Gasteiger partial charge in [-0.1, -0.05) is 29.8 Å². The van der Waals surface area contributed by atoms with Crippen LogP contribution in [-0.4, -0.2) is 29.8 Å². The molecule has 3 aromatic rings. The van der Waals surface area contributed by atoms with Crippen LogP contribution in [0.15, 0.2) is 48.7 Å². The number of halogens is 1. The summed E-state index contributed by atoms with van der Waals surface area (Å²) in [4.78, 5) is 39.3. The second-order valence-corrected chi connectivity index (χ2v) is 5.62. The van der Waals surface area contributed by atoms with E-state index < -0.39 is 17.7 Å². The number of anilines is 1. The number of carbonyl (C=O) groups is 3. The van der Waals surface area contributed by atoms with E-state index in [9.17, 15) is 14.4 Å². The summed E-state index contributed by atoms with van der Waals surface area (Å²) in [5, 5.41) is 3.29. The molecule has 0 saturated heterocycles. The first kappa shape index (κ1) is 16.7. The minimum atomic E-state index is -0.853. The van der Waals surface area contributed by atoms with Crippen molar-refractivity contribution in [2.24, 2.45) is 0 Å². The SMILES string of the molecule is COC(=O)c1ccc(Cl)c(NC(=O)C(=O)c2c[nH]c3ccccc23)c1. The van der Waals surface area contributed by atoms with E-state index >= 15 is 0 Å². The van der Waals surface area contributed by atoms with Crippen molar-refractivity contribution >= 4 is 45.9 Å². The number of methoxy groups -OCH3 is 1. The van der Waals surface area contributed by atoms with Crippen LogP contribution in [0.2, 0.25) is 5.02 Å². The average Bonchev–Trinajstić information content (AvgIpc) is 3.06. The molecule has 0 atom stereocenters. The maximum Gasteiger partial charge on any atom is 0.337 e. The number of ether oxygens (including phenoxy) is 1. The van der Waals surface area contributed by atoms with Gasteiger partial charge in [-0.2, -0.15) is 0 Å². The van der Waals surface area contributed by atoms with E-state index in [1.165, 1.54) is 31.5 Å². The van der Waals surface area contributed by atoms with Crippen molar-refractivity contribution in [3.05, 3.63) is 64.8 Å². The van der Waals surface area contributed by atoms with E-state index in [0.717, 1.165) is 5.52 Å². The normalized spacial score (nSPS) is 10.5. The van der Waals surface area contributed by atoms with Gasteiger partial charge in [-0.3, -0.25) is 9.59 Å². The molecule has 1 heterocycles. The zero-order valence-electron chi connectivity index (χ0n) is 13.1. The smallest absolute Gasteiger partial charge is 0.337 e. The van der Waals surface area contributed by atoms with Gasteiger partial charge in [0.15, 0.2) is 0 Å². The van der Waals surface area contributed by atoms with E-state index in [1.807, 2.05) is 6.07 Å². The van der Waals surface area contributed by atoms with Crippen LogP contribution in [-0.2, 0) is 9.53 Å². The van der Waals surface area contributed by atoms with Crippen molar-refractivity contribution in [2.45, 2.75) is 0 Å². The van der Waals surface area contributed by atoms with Gasteiger partial charge in [0.1, 0.15) is 0 Å². The molecule has 2 N–H and O–H groups in total. The fourth-order valence-corrected chi connectivity index (χ4v) is 2.59. The number of esters is 1. The summed E-state index contributed by atoms with van der Waals surface area (Å²) >= 11 is 6.03. The van der Waals surface area contributed by atoms with Crippen molar-refractivity contribution in [1.82, 2.24) is 4.98 Å². The molecule has 0 aliphatic rings. The van der Waals surface area contributed by atoms with E-state index in [0.29, 0.717) is 5.39 Å². The molecule has 0 saturated carbocycles. The summed E-state index contributed by atoms with van der Waals surface area (Å²) in [6.45, 7) is 0. The maximum absolute atomic E-state index is 12.4. The minimum Gasteiger partial charge on any atom is -0.465 e. The van der Waals surface area contributed by atoms with Crippen LogP contribution in [0.3, 0.4) is 0 Å². The van der Waals surface area contributed by atoms with Crippen molar-refractivity contribution in [3.8, 4) is 0 Å². The molecule has 0 spiro atoms. The number of nitrogens with one attached hydrogen (secondary N) is 2. The number of H-pyrrole nitrogens is 1. The van der Waals surface area contributed by atoms with Gasteiger partial charge >= 0.3 is 5.97 Å². The van der Waals surface area contributed by atoms with Crippen molar-refractivity contribution in [2.75, 3.05) is 12.4 Å². The molecule has 1 amide bonds. The number of fused-ring (bicyclic) bond motifs is 1. The second-order valence-electron chi connectivity index (χ2n) is 5.22.